The van der Waals surface area contributed by atoms with Crippen LogP contribution in [0.5, 0.6) is 0 Å². The number of hydrazine groups is 1. The predicted octanol–water partition coefficient (Wildman–Crippen LogP) is 2.05. The average Bonchev–Trinajstić information content (AvgIpc) is 2.66. The second kappa shape index (κ2) is 8.61. The first kappa shape index (κ1) is 19.6. The molecule has 0 radical (unpaired) electrons. The Hall–Kier alpha value is -3.68. The normalized spacial score (nSPS) is 10.2. The minimum atomic E-state index is -1.24. The number of rotatable bonds is 5. The first-order chi connectivity index (χ1) is 12.8. The second-order valence-corrected chi connectivity index (χ2v) is 5.98. The number of hydrogen-bond donors (Lipinski definition) is 4. The molecule has 0 unspecified atom stereocenters. The van der Waals surface area contributed by atoms with Crippen molar-refractivity contribution in [2.24, 2.45) is 5.92 Å². The van der Waals surface area contributed by atoms with Crippen LogP contribution in [-0.4, -0.2) is 28.8 Å². The van der Waals surface area contributed by atoms with Crippen molar-refractivity contribution < 1.29 is 24.3 Å². The summed E-state index contributed by atoms with van der Waals surface area (Å²) < 4.78 is 0. The predicted molar refractivity (Wildman–Crippen MR) is 98.2 cm³/mol. The van der Waals surface area contributed by atoms with Crippen LogP contribution >= 0.6 is 0 Å². The Morgan fingerprint density at radius 1 is 0.815 bits per heavy atom. The van der Waals surface area contributed by atoms with Crippen LogP contribution in [0.4, 0.5) is 5.69 Å². The van der Waals surface area contributed by atoms with Crippen LogP contribution < -0.4 is 16.2 Å². The molecule has 0 aliphatic rings. The molecule has 0 fully saturated rings. The third-order valence-electron chi connectivity index (χ3n) is 3.63. The maximum atomic E-state index is 12.1. The zero-order valence-electron chi connectivity index (χ0n) is 14.8. The zero-order valence-corrected chi connectivity index (χ0v) is 14.8. The van der Waals surface area contributed by atoms with E-state index in [1.165, 1.54) is 36.4 Å². The van der Waals surface area contributed by atoms with Crippen molar-refractivity contribution in [3.8, 4) is 0 Å². The molecule has 3 amide bonds. The monoisotopic (exact) mass is 369 g/mol. The quantitative estimate of drug-likeness (QED) is 0.601. The molecule has 2 rings (SSSR count). The average molecular weight is 369 g/mol. The summed E-state index contributed by atoms with van der Waals surface area (Å²) in [6.07, 6.45) is 0. The summed E-state index contributed by atoms with van der Waals surface area (Å²) in [5.74, 6) is -2.89. The molecule has 0 aromatic heterocycles. The van der Waals surface area contributed by atoms with Crippen molar-refractivity contribution in [2.75, 3.05) is 5.32 Å². The van der Waals surface area contributed by atoms with Crippen LogP contribution in [0.1, 0.15) is 44.9 Å². The first-order valence-corrected chi connectivity index (χ1v) is 8.13. The number of hydrogen-bond acceptors (Lipinski definition) is 4. The van der Waals surface area contributed by atoms with E-state index < -0.39 is 17.8 Å². The van der Waals surface area contributed by atoms with Gasteiger partial charge in [-0.25, -0.2) is 4.79 Å². The highest BCUT2D eigenvalue weighted by Crippen LogP contribution is 2.11. The number of anilines is 1. The van der Waals surface area contributed by atoms with E-state index in [9.17, 15) is 19.2 Å². The van der Waals surface area contributed by atoms with Crippen LogP contribution in [-0.2, 0) is 4.79 Å². The molecular formula is C19H19N3O5. The lowest BCUT2D eigenvalue weighted by Crippen LogP contribution is -2.42. The molecule has 2 aromatic carbocycles. The van der Waals surface area contributed by atoms with Crippen molar-refractivity contribution >= 4 is 29.4 Å². The Labute approximate surface area is 155 Å². The summed E-state index contributed by atoms with van der Waals surface area (Å²) in [5, 5.41) is 11.8. The van der Waals surface area contributed by atoms with E-state index in [-0.39, 0.29) is 28.5 Å². The molecule has 8 nitrogen and oxygen atoms in total. The summed E-state index contributed by atoms with van der Waals surface area (Å²) in [7, 11) is 0. The molecule has 140 valence electrons. The molecule has 8 heteroatoms. The summed E-state index contributed by atoms with van der Waals surface area (Å²) in [4.78, 5) is 47.0. The van der Waals surface area contributed by atoms with E-state index in [0.717, 1.165) is 0 Å². The van der Waals surface area contributed by atoms with Crippen LogP contribution in [0.25, 0.3) is 0 Å². The summed E-state index contributed by atoms with van der Waals surface area (Å²) in [6, 6.07) is 11.8. The van der Waals surface area contributed by atoms with Crippen molar-refractivity contribution in [1.29, 1.82) is 0 Å². The number of nitrogens with one attached hydrogen (secondary N) is 3. The Morgan fingerprint density at radius 2 is 1.37 bits per heavy atom. The van der Waals surface area contributed by atoms with Crippen LogP contribution in [0.3, 0.4) is 0 Å². The number of carbonyl (C=O) groups excluding carboxylic acids is 3. The van der Waals surface area contributed by atoms with Crippen molar-refractivity contribution in [1.82, 2.24) is 10.9 Å². The van der Waals surface area contributed by atoms with Gasteiger partial charge in [0.15, 0.2) is 0 Å². The van der Waals surface area contributed by atoms with Gasteiger partial charge in [-0.3, -0.25) is 25.2 Å². The van der Waals surface area contributed by atoms with Gasteiger partial charge < -0.3 is 10.4 Å². The van der Waals surface area contributed by atoms with E-state index in [1.54, 1.807) is 26.0 Å². The van der Waals surface area contributed by atoms with Crippen molar-refractivity contribution in [2.45, 2.75) is 13.8 Å². The molecule has 0 aliphatic carbocycles. The fourth-order valence-electron chi connectivity index (χ4n) is 2.11. The fourth-order valence-corrected chi connectivity index (χ4v) is 2.11. The maximum Gasteiger partial charge on any atom is 0.336 e. The Kier molecular flexibility index (Phi) is 6.27. The molecule has 0 bridgehead atoms. The van der Waals surface area contributed by atoms with Gasteiger partial charge in [0.25, 0.3) is 11.8 Å². The minimum Gasteiger partial charge on any atom is -0.478 e. The molecule has 27 heavy (non-hydrogen) atoms. The molecular weight excluding hydrogens is 350 g/mol. The molecule has 0 spiro atoms. The smallest absolute Gasteiger partial charge is 0.336 e. The lowest BCUT2D eigenvalue weighted by Gasteiger charge is -2.10. The number of amides is 3. The lowest BCUT2D eigenvalue weighted by atomic mass is 10.1. The largest absolute Gasteiger partial charge is 0.478 e. The SMILES string of the molecule is CC(C)C(=O)Nc1ccc(C(=O)NNC(=O)c2ccccc2C(=O)O)cc1. The van der Waals surface area contributed by atoms with Gasteiger partial charge in [-0.15, -0.1) is 0 Å². The number of carboxylic acids is 1. The number of carbonyl (C=O) groups is 4. The third kappa shape index (κ3) is 5.15. The molecule has 0 saturated carbocycles. The van der Waals surface area contributed by atoms with Gasteiger partial charge >= 0.3 is 5.97 Å². The molecule has 0 atom stereocenters. The standard InChI is InChI=1S/C19H19N3O5/c1-11(2)16(23)20-13-9-7-12(8-10-13)17(24)21-22-18(25)14-5-3-4-6-15(14)19(26)27/h3-11H,1-2H3,(H,20,23)(H,21,24)(H,22,25)(H,26,27). The number of benzene rings is 2. The Morgan fingerprint density at radius 3 is 1.93 bits per heavy atom. The van der Waals surface area contributed by atoms with E-state index in [2.05, 4.69) is 16.2 Å². The second-order valence-electron chi connectivity index (χ2n) is 5.98. The lowest BCUT2D eigenvalue weighted by molar-refractivity contribution is -0.118. The van der Waals surface area contributed by atoms with Crippen molar-refractivity contribution in [3.05, 3.63) is 65.2 Å². The van der Waals surface area contributed by atoms with Gasteiger partial charge in [0.2, 0.25) is 5.91 Å². The van der Waals surface area contributed by atoms with Gasteiger partial charge in [-0.1, -0.05) is 26.0 Å². The van der Waals surface area contributed by atoms with Gasteiger partial charge in [0.05, 0.1) is 11.1 Å². The van der Waals surface area contributed by atoms with Crippen molar-refractivity contribution in [3.63, 3.8) is 0 Å². The summed E-state index contributed by atoms with van der Waals surface area (Å²) in [6.45, 7) is 3.53. The topological polar surface area (TPSA) is 125 Å². The first-order valence-electron chi connectivity index (χ1n) is 8.13. The van der Waals surface area contributed by atoms with Gasteiger partial charge in [0, 0.05) is 17.2 Å². The van der Waals surface area contributed by atoms with Gasteiger partial charge in [-0.2, -0.15) is 0 Å². The van der Waals surface area contributed by atoms with E-state index in [0.29, 0.717) is 5.69 Å². The molecule has 0 saturated heterocycles. The molecule has 4 N–H and O–H groups in total. The number of carboxylic acid groups (broad SMARTS) is 1. The maximum absolute atomic E-state index is 12.1. The minimum absolute atomic E-state index is 0.0722. The highest BCUT2D eigenvalue weighted by Gasteiger charge is 2.16. The third-order valence-corrected chi connectivity index (χ3v) is 3.63. The highest BCUT2D eigenvalue weighted by atomic mass is 16.4. The van der Waals surface area contributed by atoms with Crippen LogP contribution in [0.15, 0.2) is 48.5 Å². The van der Waals surface area contributed by atoms with Gasteiger partial charge in [-0.05, 0) is 36.4 Å². The molecule has 2 aromatic rings. The van der Waals surface area contributed by atoms with E-state index >= 15 is 0 Å². The van der Waals surface area contributed by atoms with Gasteiger partial charge in [0.1, 0.15) is 0 Å². The summed E-state index contributed by atoms with van der Waals surface area (Å²) in [5.41, 5.74) is 4.96. The van der Waals surface area contributed by atoms with Crippen LogP contribution in [0, 0.1) is 5.92 Å². The van der Waals surface area contributed by atoms with E-state index in [1.807, 2.05) is 0 Å². The summed E-state index contributed by atoms with van der Waals surface area (Å²) >= 11 is 0. The Balaban J connectivity index is 1.99. The molecule has 0 heterocycles. The molecule has 0 aliphatic heterocycles. The van der Waals surface area contributed by atoms with E-state index in [4.69, 9.17) is 5.11 Å². The highest BCUT2D eigenvalue weighted by molar-refractivity contribution is 6.06. The fraction of sp³-hybridized carbons (Fsp3) is 0.158. The zero-order chi connectivity index (χ0) is 20.0. The van der Waals surface area contributed by atoms with Crippen LogP contribution in [0.2, 0.25) is 0 Å². The number of aromatic carboxylic acids is 1. The Bertz CT molecular complexity index is 875.